The van der Waals surface area contributed by atoms with Gasteiger partial charge in [-0.2, -0.15) is 0 Å². The van der Waals surface area contributed by atoms with Gasteiger partial charge in [0, 0.05) is 63.4 Å². The van der Waals surface area contributed by atoms with E-state index in [9.17, 15) is 14.4 Å². The Morgan fingerprint density at radius 2 is 1.78 bits per heavy atom. The third-order valence-electron chi connectivity index (χ3n) is 10.3. The first-order valence-corrected chi connectivity index (χ1v) is 17.8. The zero-order valence-corrected chi connectivity index (χ0v) is 29.3. The van der Waals surface area contributed by atoms with Gasteiger partial charge in [-0.25, -0.2) is 4.39 Å². The van der Waals surface area contributed by atoms with E-state index >= 15 is 4.39 Å². The van der Waals surface area contributed by atoms with Gasteiger partial charge in [0.25, 0.3) is 5.91 Å². The summed E-state index contributed by atoms with van der Waals surface area (Å²) in [5.41, 5.74) is 1.58. The van der Waals surface area contributed by atoms with Crippen LogP contribution in [0.1, 0.15) is 67.8 Å². The fraction of sp³-hybridized carbons (Fsp3) is 0.541. The Bertz CT molecular complexity index is 1680. The number of fused-ring (bicyclic) bond motifs is 1. The molecule has 0 spiro atoms. The topological polar surface area (TPSA) is 102 Å². The van der Waals surface area contributed by atoms with E-state index < -0.39 is 17.6 Å². The zero-order chi connectivity index (χ0) is 34.7. The van der Waals surface area contributed by atoms with Crippen LogP contribution in [0.2, 0.25) is 5.02 Å². The van der Waals surface area contributed by atoms with Crippen molar-refractivity contribution >= 4 is 45.9 Å². The van der Waals surface area contributed by atoms with Crippen molar-refractivity contribution in [3.05, 3.63) is 64.6 Å². The van der Waals surface area contributed by atoms with E-state index in [2.05, 4.69) is 15.1 Å². The highest BCUT2D eigenvalue weighted by molar-refractivity contribution is 6.34. The maximum atomic E-state index is 15.9. The van der Waals surface area contributed by atoms with Gasteiger partial charge in [0.1, 0.15) is 5.82 Å². The molecule has 264 valence electrons. The number of para-hydroxylation sites is 1. The Kier molecular flexibility index (Phi) is 11.1. The van der Waals surface area contributed by atoms with Crippen molar-refractivity contribution in [3.8, 4) is 0 Å². The molecule has 10 nitrogen and oxygen atoms in total. The number of halogens is 2. The molecule has 1 saturated carbocycles. The Labute approximate surface area is 291 Å². The molecule has 1 aliphatic carbocycles. The number of hydrogen-bond donors (Lipinski definition) is 1. The molecule has 1 aromatic heterocycles. The van der Waals surface area contributed by atoms with Crippen LogP contribution in [-0.2, 0) is 37.3 Å². The van der Waals surface area contributed by atoms with Crippen molar-refractivity contribution in [3.63, 3.8) is 0 Å². The second-order valence-corrected chi connectivity index (χ2v) is 13.8. The monoisotopic (exact) mass is 696 g/mol. The fourth-order valence-electron chi connectivity index (χ4n) is 7.68. The summed E-state index contributed by atoms with van der Waals surface area (Å²) < 4.78 is 35.5. The van der Waals surface area contributed by atoms with E-state index in [1.165, 1.54) is 12.1 Å². The first-order chi connectivity index (χ1) is 23.7. The standard InChI is InChI=1S/C37H46ClFN4O6/c1-4-48-36(46)24-11-13-27(14-12-24)49-37(42-16-7-8-17-42,43-18-15-26(43)23-47-3)34(44)20-25-19-30(38)32(21-31(25)39)40-35(45)29-22-41(2)33-10-6-5-9-28(29)33/h5-6,9-10,19,21-22,24,26-27H,4,7-8,11-18,20,23H2,1-3H3,(H,40,45)/t24?,26-,27?,37?/m0/s1. The van der Waals surface area contributed by atoms with Crippen molar-refractivity contribution in [2.75, 3.05) is 45.3 Å². The highest BCUT2D eigenvalue weighted by Gasteiger charge is 2.57. The molecule has 0 radical (unpaired) electrons. The van der Waals surface area contributed by atoms with Crippen molar-refractivity contribution in [2.45, 2.75) is 76.3 Å². The average Bonchev–Trinajstić information content (AvgIpc) is 3.74. The minimum absolute atomic E-state index is 0.0366. The smallest absolute Gasteiger partial charge is 0.308 e. The molecule has 0 bridgehead atoms. The van der Waals surface area contributed by atoms with Gasteiger partial charge in [-0.15, -0.1) is 0 Å². The Hall–Kier alpha value is -3.35. The third kappa shape index (κ3) is 7.14. The van der Waals surface area contributed by atoms with Crippen LogP contribution in [0, 0.1) is 11.7 Å². The van der Waals surface area contributed by atoms with E-state index in [1.807, 2.05) is 35.9 Å². The molecule has 3 aliphatic rings. The molecule has 2 aliphatic heterocycles. The van der Waals surface area contributed by atoms with Crippen LogP contribution in [0.3, 0.4) is 0 Å². The maximum absolute atomic E-state index is 15.9. The number of aromatic nitrogens is 1. The number of methoxy groups -OCH3 is 1. The quantitative estimate of drug-likeness (QED) is 0.219. The largest absolute Gasteiger partial charge is 0.466 e. The van der Waals surface area contributed by atoms with E-state index in [-0.39, 0.29) is 52.5 Å². The summed E-state index contributed by atoms with van der Waals surface area (Å²) in [7, 11) is 3.50. The average molecular weight is 697 g/mol. The number of ether oxygens (including phenoxy) is 3. The molecule has 2 saturated heterocycles. The number of carbonyl (C=O) groups excluding carboxylic acids is 3. The van der Waals surface area contributed by atoms with Crippen molar-refractivity contribution in [1.82, 2.24) is 14.4 Å². The number of hydrogen-bond acceptors (Lipinski definition) is 8. The number of anilines is 1. The second kappa shape index (κ2) is 15.3. The second-order valence-electron chi connectivity index (χ2n) is 13.4. The third-order valence-corrected chi connectivity index (χ3v) is 10.6. The summed E-state index contributed by atoms with van der Waals surface area (Å²) in [5.74, 6) is -3.12. The van der Waals surface area contributed by atoms with E-state index in [0.717, 1.165) is 30.2 Å². The predicted molar refractivity (Wildman–Crippen MR) is 185 cm³/mol. The van der Waals surface area contributed by atoms with Gasteiger partial charge in [0.2, 0.25) is 5.85 Å². The molecule has 3 heterocycles. The van der Waals surface area contributed by atoms with Gasteiger partial charge in [0.05, 0.1) is 41.5 Å². The molecule has 49 heavy (non-hydrogen) atoms. The lowest BCUT2D eigenvalue weighted by Gasteiger charge is -2.56. The number of aryl methyl sites for hydroxylation is 1. The van der Waals surface area contributed by atoms with Crippen LogP contribution < -0.4 is 5.32 Å². The van der Waals surface area contributed by atoms with Crippen molar-refractivity contribution < 1.29 is 33.0 Å². The van der Waals surface area contributed by atoms with Gasteiger partial charge in [-0.05, 0) is 75.6 Å². The summed E-state index contributed by atoms with van der Waals surface area (Å²) in [6, 6.07) is 10.1. The van der Waals surface area contributed by atoms with Crippen LogP contribution in [0.15, 0.2) is 42.6 Å². The molecular formula is C37H46ClFN4O6. The zero-order valence-electron chi connectivity index (χ0n) is 28.5. The first kappa shape index (κ1) is 35.5. The minimum Gasteiger partial charge on any atom is -0.466 e. The van der Waals surface area contributed by atoms with Crippen LogP contribution in [-0.4, -0.2) is 90.0 Å². The van der Waals surface area contributed by atoms with Gasteiger partial charge in [0.15, 0.2) is 5.78 Å². The lowest BCUT2D eigenvalue weighted by atomic mass is 9.87. The molecule has 2 atom stereocenters. The fourth-order valence-corrected chi connectivity index (χ4v) is 7.91. The molecule has 1 N–H and O–H groups in total. The number of nitrogens with one attached hydrogen (secondary N) is 1. The minimum atomic E-state index is -1.42. The highest BCUT2D eigenvalue weighted by atomic mass is 35.5. The van der Waals surface area contributed by atoms with E-state index in [1.54, 1.807) is 20.2 Å². The van der Waals surface area contributed by atoms with Gasteiger partial charge >= 0.3 is 5.97 Å². The molecule has 1 amide bonds. The summed E-state index contributed by atoms with van der Waals surface area (Å²) in [6.07, 6.45) is 6.35. The number of esters is 1. The number of likely N-dealkylation sites (tertiary alicyclic amines) is 2. The maximum Gasteiger partial charge on any atom is 0.308 e. The Morgan fingerprint density at radius 3 is 2.45 bits per heavy atom. The number of benzene rings is 2. The Balaban J connectivity index is 1.26. The normalized spacial score (nSPS) is 22.8. The summed E-state index contributed by atoms with van der Waals surface area (Å²) in [4.78, 5) is 44.7. The number of ketones is 1. The van der Waals surface area contributed by atoms with Crippen LogP contribution in [0.25, 0.3) is 10.9 Å². The molecule has 6 rings (SSSR count). The molecule has 3 aromatic rings. The number of rotatable bonds is 13. The van der Waals surface area contributed by atoms with Crippen LogP contribution in [0.4, 0.5) is 10.1 Å². The number of Topliss-reactive ketones (excluding diaryl/α,β-unsaturated/α-hetero) is 1. The molecule has 2 aromatic carbocycles. The molecule has 1 unspecified atom stereocenters. The van der Waals surface area contributed by atoms with Gasteiger partial charge < -0.3 is 24.1 Å². The Morgan fingerprint density at radius 1 is 1.04 bits per heavy atom. The predicted octanol–water partition coefficient (Wildman–Crippen LogP) is 5.94. The van der Waals surface area contributed by atoms with E-state index in [0.29, 0.717) is 64.1 Å². The van der Waals surface area contributed by atoms with Gasteiger partial charge in [-0.1, -0.05) is 29.8 Å². The van der Waals surface area contributed by atoms with Crippen molar-refractivity contribution in [2.24, 2.45) is 13.0 Å². The molecular weight excluding hydrogens is 651 g/mol. The number of nitrogens with zero attached hydrogens (tertiary/aromatic N) is 3. The summed E-state index contributed by atoms with van der Waals surface area (Å²) >= 11 is 6.66. The first-order valence-electron chi connectivity index (χ1n) is 17.4. The molecule has 12 heteroatoms. The number of carbonyl (C=O) groups is 3. The van der Waals surface area contributed by atoms with Crippen LogP contribution >= 0.6 is 11.6 Å². The highest BCUT2D eigenvalue weighted by Crippen LogP contribution is 2.40. The summed E-state index contributed by atoms with van der Waals surface area (Å²) in [6.45, 7) is 4.56. The number of amides is 1. The van der Waals surface area contributed by atoms with Crippen molar-refractivity contribution in [1.29, 1.82) is 0 Å². The molecule has 3 fully saturated rings. The van der Waals surface area contributed by atoms with E-state index in [4.69, 9.17) is 25.8 Å². The van der Waals surface area contributed by atoms with Gasteiger partial charge in [-0.3, -0.25) is 24.2 Å². The van der Waals surface area contributed by atoms with Crippen LogP contribution in [0.5, 0.6) is 0 Å². The lowest BCUT2D eigenvalue weighted by Crippen LogP contribution is -2.74. The summed E-state index contributed by atoms with van der Waals surface area (Å²) in [5, 5.41) is 3.66. The SMILES string of the molecule is CCOC(=O)C1CCC(OC(C(=O)Cc2cc(Cl)c(NC(=O)c3cn(C)c4ccccc34)cc2F)(N2CCCC2)N2CC[C@H]2COC)CC1. The lowest BCUT2D eigenvalue weighted by molar-refractivity contribution is -0.283.